The van der Waals surface area contributed by atoms with E-state index in [0.29, 0.717) is 38.2 Å². The standard InChI is InChI=1S/C18H24F4N2O2/c1-11(2)16(10-24-5-4-15(25)9-24)23(3)17(26)12-6-13(18(20,21)22)8-14(19)7-12/h6-8,11,15-16,25H,4-5,9-10H2,1-3H3/t15-,16+/m0/s1. The number of hydrogen-bond donors (Lipinski definition) is 1. The molecule has 1 aromatic rings. The number of halogens is 4. The Kier molecular flexibility index (Phi) is 6.29. The van der Waals surface area contributed by atoms with Crippen LogP contribution >= 0.6 is 0 Å². The fourth-order valence-electron chi connectivity index (χ4n) is 3.25. The van der Waals surface area contributed by atoms with Gasteiger partial charge in [0.05, 0.1) is 11.7 Å². The Bertz CT molecular complexity index is 649. The fraction of sp³-hybridized carbons (Fsp3) is 0.611. The lowest BCUT2D eigenvalue weighted by molar-refractivity contribution is -0.137. The maximum Gasteiger partial charge on any atom is 0.416 e. The van der Waals surface area contributed by atoms with E-state index in [9.17, 15) is 27.5 Å². The minimum atomic E-state index is -4.72. The monoisotopic (exact) mass is 376 g/mol. The van der Waals surface area contributed by atoms with Crippen molar-refractivity contribution in [2.45, 2.75) is 38.6 Å². The summed E-state index contributed by atoms with van der Waals surface area (Å²) >= 11 is 0. The van der Waals surface area contributed by atoms with E-state index in [1.165, 1.54) is 11.9 Å². The van der Waals surface area contributed by atoms with Gasteiger partial charge in [-0.15, -0.1) is 0 Å². The topological polar surface area (TPSA) is 43.8 Å². The quantitative estimate of drug-likeness (QED) is 0.804. The molecule has 1 saturated heterocycles. The fourth-order valence-corrected chi connectivity index (χ4v) is 3.25. The molecule has 1 aliphatic heterocycles. The lowest BCUT2D eigenvalue weighted by atomic mass is 10.0. The van der Waals surface area contributed by atoms with E-state index in [-0.39, 0.29) is 17.5 Å². The number of likely N-dealkylation sites (tertiary alicyclic amines) is 1. The number of likely N-dealkylation sites (N-methyl/N-ethyl adjacent to an activating group) is 1. The lowest BCUT2D eigenvalue weighted by Gasteiger charge is -2.34. The molecule has 1 aromatic carbocycles. The number of rotatable bonds is 5. The Balaban J connectivity index is 2.21. The highest BCUT2D eigenvalue weighted by Gasteiger charge is 2.34. The second kappa shape index (κ2) is 7.92. The Morgan fingerprint density at radius 2 is 2.00 bits per heavy atom. The molecule has 1 heterocycles. The second-order valence-corrected chi connectivity index (χ2v) is 7.16. The van der Waals surface area contributed by atoms with Crippen molar-refractivity contribution >= 4 is 5.91 Å². The Hall–Kier alpha value is -1.67. The maximum atomic E-state index is 13.6. The van der Waals surface area contributed by atoms with Gasteiger partial charge in [0.15, 0.2) is 0 Å². The zero-order valence-corrected chi connectivity index (χ0v) is 15.1. The smallest absolute Gasteiger partial charge is 0.392 e. The van der Waals surface area contributed by atoms with E-state index in [4.69, 9.17) is 0 Å². The van der Waals surface area contributed by atoms with E-state index in [1.54, 1.807) is 0 Å². The number of amides is 1. The number of aliphatic hydroxyl groups excluding tert-OH is 1. The van der Waals surface area contributed by atoms with Crippen LogP contribution in [0.5, 0.6) is 0 Å². The first kappa shape index (κ1) is 20.6. The van der Waals surface area contributed by atoms with Gasteiger partial charge in [-0.2, -0.15) is 13.2 Å². The van der Waals surface area contributed by atoms with E-state index in [1.807, 2.05) is 18.7 Å². The molecule has 2 rings (SSSR count). The van der Waals surface area contributed by atoms with Crippen molar-refractivity contribution in [3.8, 4) is 0 Å². The van der Waals surface area contributed by atoms with Gasteiger partial charge >= 0.3 is 6.18 Å². The molecular weight excluding hydrogens is 352 g/mol. The van der Waals surface area contributed by atoms with Crippen LogP contribution in [0.4, 0.5) is 17.6 Å². The molecule has 0 radical (unpaired) electrons. The van der Waals surface area contributed by atoms with Gasteiger partial charge in [0.25, 0.3) is 5.91 Å². The zero-order valence-electron chi connectivity index (χ0n) is 15.1. The summed E-state index contributed by atoms with van der Waals surface area (Å²) in [5.74, 6) is -1.72. The third kappa shape index (κ3) is 4.94. The molecule has 4 nitrogen and oxygen atoms in total. The summed E-state index contributed by atoms with van der Waals surface area (Å²) in [6.07, 6.45) is -4.47. The van der Waals surface area contributed by atoms with E-state index >= 15 is 0 Å². The number of carbonyl (C=O) groups is 1. The van der Waals surface area contributed by atoms with Crippen molar-refractivity contribution in [3.05, 3.63) is 35.1 Å². The molecule has 0 bridgehead atoms. The highest BCUT2D eigenvalue weighted by molar-refractivity contribution is 5.94. The minimum absolute atomic E-state index is 0.0392. The van der Waals surface area contributed by atoms with Crippen LogP contribution in [0, 0.1) is 11.7 Å². The molecular formula is C18H24F4N2O2. The second-order valence-electron chi connectivity index (χ2n) is 7.16. The van der Waals surface area contributed by atoms with Crippen molar-refractivity contribution in [3.63, 3.8) is 0 Å². The highest BCUT2D eigenvalue weighted by Crippen LogP contribution is 2.31. The first-order valence-electron chi connectivity index (χ1n) is 8.54. The average Bonchev–Trinajstić information content (AvgIpc) is 2.94. The predicted molar refractivity (Wildman–Crippen MR) is 89.2 cm³/mol. The molecule has 8 heteroatoms. The first-order chi connectivity index (χ1) is 12.0. The van der Waals surface area contributed by atoms with Crippen LogP contribution in [0.1, 0.15) is 36.2 Å². The van der Waals surface area contributed by atoms with Crippen LogP contribution in [-0.4, -0.2) is 59.6 Å². The van der Waals surface area contributed by atoms with Crippen LogP contribution in [0.3, 0.4) is 0 Å². The lowest BCUT2D eigenvalue weighted by Crippen LogP contribution is -2.47. The summed E-state index contributed by atoms with van der Waals surface area (Å²) in [7, 11) is 1.51. The molecule has 26 heavy (non-hydrogen) atoms. The molecule has 2 atom stereocenters. The molecule has 1 amide bonds. The van der Waals surface area contributed by atoms with Crippen molar-refractivity contribution in [1.82, 2.24) is 9.80 Å². The SMILES string of the molecule is CC(C)[C@@H](CN1CC[C@H](O)C1)N(C)C(=O)c1cc(F)cc(C(F)(F)F)c1. The Morgan fingerprint density at radius 1 is 1.35 bits per heavy atom. The Labute approximate surface area is 150 Å². The van der Waals surface area contributed by atoms with Crippen LogP contribution in [0.25, 0.3) is 0 Å². The largest absolute Gasteiger partial charge is 0.416 e. The van der Waals surface area contributed by atoms with Gasteiger partial charge in [0.1, 0.15) is 5.82 Å². The van der Waals surface area contributed by atoms with Crippen LogP contribution in [-0.2, 0) is 6.18 Å². The number of benzene rings is 1. The summed E-state index contributed by atoms with van der Waals surface area (Å²) < 4.78 is 52.3. The van der Waals surface area contributed by atoms with E-state index in [0.717, 1.165) is 6.07 Å². The predicted octanol–water partition coefficient (Wildman–Crippen LogP) is 3.01. The molecule has 1 aliphatic rings. The molecule has 0 aromatic heterocycles. The zero-order chi connectivity index (χ0) is 19.6. The molecule has 146 valence electrons. The van der Waals surface area contributed by atoms with Gasteiger partial charge in [-0.25, -0.2) is 4.39 Å². The molecule has 0 spiro atoms. The van der Waals surface area contributed by atoms with E-state index in [2.05, 4.69) is 0 Å². The molecule has 0 saturated carbocycles. The van der Waals surface area contributed by atoms with Gasteiger partial charge in [-0.05, 0) is 30.5 Å². The Morgan fingerprint density at radius 3 is 2.50 bits per heavy atom. The van der Waals surface area contributed by atoms with Crippen molar-refractivity contribution in [2.75, 3.05) is 26.7 Å². The van der Waals surface area contributed by atoms with Crippen LogP contribution < -0.4 is 0 Å². The van der Waals surface area contributed by atoms with Crippen molar-refractivity contribution < 1.29 is 27.5 Å². The highest BCUT2D eigenvalue weighted by atomic mass is 19.4. The van der Waals surface area contributed by atoms with Crippen LogP contribution in [0.2, 0.25) is 0 Å². The minimum Gasteiger partial charge on any atom is -0.392 e. The van der Waals surface area contributed by atoms with Gasteiger partial charge < -0.3 is 10.0 Å². The normalized spacial score (nSPS) is 19.8. The van der Waals surface area contributed by atoms with Gasteiger partial charge in [0, 0.05) is 38.3 Å². The molecule has 1 fully saturated rings. The first-order valence-corrected chi connectivity index (χ1v) is 8.54. The number of β-amino-alcohol motifs (C(OH)–C–C–N with tert-alkyl or cyclic N) is 1. The molecule has 0 unspecified atom stereocenters. The number of aliphatic hydroxyl groups is 1. The van der Waals surface area contributed by atoms with E-state index < -0.39 is 29.6 Å². The third-order valence-electron chi connectivity index (χ3n) is 4.75. The average molecular weight is 376 g/mol. The summed E-state index contributed by atoms with van der Waals surface area (Å²) in [4.78, 5) is 16.1. The number of alkyl halides is 3. The summed E-state index contributed by atoms with van der Waals surface area (Å²) in [6, 6.07) is 1.61. The molecule has 0 aliphatic carbocycles. The summed E-state index contributed by atoms with van der Waals surface area (Å²) in [6.45, 7) is 5.52. The number of hydrogen-bond acceptors (Lipinski definition) is 3. The number of carbonyl (C=O) groups excluding carboxylic acids is 1. The van der Waals surface area contributed by atoms with Gasteiger partial charge in [-0.1, -0.05) is 13.8 Å². The van der Waals surface area contributed by atoms with Gasteiger partial charge in [0.2, 0.25) is 0 Å². The maximum absolute atomic E-state index is 13.6. The summed E-state index contributed by atoms with van der Waals surface area (Å²) in [5.41, 5.74) is -1.51. The van der Waals surface area contributed by atoms with Crippen LogP contribution in [0.15, 0.2) is 18.2 Å². The van der Waals surface area contributed by atoms with Crippen molar-refractivity contribution in [2.24, 2.45) is 5.92 Å². The van der Waals surface area contributed by atoms with Gasteiger partial charge in [-0.3, -0.25) is 9.69 Å². The third-order valence-corrected chi connectivity index (χ3v) is 4.75. The number of nitrogens with zero attached hydrogens (tertiary/aromatic N) is 2. The summed E-state index contributed by atoms with van der Waals surface area (Å²) in [5, 5.41) is 9.64. The van der Waals surface area contributed by atoms with Crippen molar-refractivity contribution in [1.29, 1.82) is 0 Å². The molecule has 1 N–H and O–H groups in total.